The minimum absolute atomic E-state index is 0.00932. The van der Waals surface area contributed by atoms with Crippen LogP contribution < -0.4 is 0 Å². The second-order valence-electron chi connectivity index (χ2n) is 5.11. The van der Waals surface area contributed by atoms with Crippen molar-refractivity contribution in [3.05, 3.63) is 24.0 Å². The van der Waals surface area contributed by atoms with Crippen molar-refractivity contribution in [1.29, 1.82) is 0 Å². The zero-order valence-electron chi connectivity index (χ0n) is 12.1. The van der Waals surface area contributed by atoms with Gasteiger partial charge in [0.25, 0.3) is 0 Å². The second-order valence-corrected chi connectivity index (χ2v) is 7.05. The van der Waals surface area contributed by atoms with Gasteiger partial charge in [-0.3, -0.25) is 4.98 Å². The van der Waals surface area contributed by atoms with Crippen molar-refractivity contribution in [2.45, 2.75) is 31.1 Å². The van der Waals surface area contributed by atoms with E-state index in [4.69, 9.17) is 5.11 Å². The molecule has 0 bridgehead atoms. The standard InChI is InChI=1S/C15H20N2O3S/c1-2-13-6-7-17(12-13)21(19,20)15-9-14(10-16-11-15)5-3-4-8-18/h9-11,13,18H,2,4,6-8,12H2,1H3. The molecule has 1 aliphatic rings. The summed E-state index contributed by atoms with van der Waals surface area (Å²) in [5, 5.41) is 8.70. The summed E-state index contributed by atoms with van der Waals surface area (Å²) in [5.41, 5.74) is 0.552. The van der Waals surface area contributed by atoms with Gasteiger partial charge in [0.05, 0.1) is 6.61 Å². The number of pyridine rings is 1. The number of aliphatic hydroxyl groups excluding tert-OH is 1. The Kier molecular flexibility index (Phi) is 5.34. The molecule has 0 radical (unpaired) electrons. The molecule has 0 aliphatic carbocycles. The fourth-order valence-corrected chi connectivity index (χ4v) is 3.87. The Bertz CT molecular complexity index is 646. The summed E-state index contributed by atoms with van der Waals surface area (Å²) in [4.78, 5) is 4.16. The van der Waals surface area contributed by atoms with Crippen LogP contribution in [-0.2, 0) is 10.0 Å². The first kappa shape index (κ1) is 16.0. The van der Waals surface area contributed by atoms with Crippen molar-refractivity contribution < 1.29 is 13.5 Å². The molecule has 1 unspecified atom stereocenters. The van der Waals surface area contributed by atoms with Crippen LogP contribution in [0, 0.1) is 17.8 Å². The lowest BCUT2D eigenvalue weighted by Gasteiger charge is -2.16. The number of aliphatic hydroxyl groups is 1. The molecule has 1 saturated heterocycles. The molecule has 1 fully saturated rings. The first-order valence-electron chi connectivity index (χ1n) is 7.13. The maximum atomic E-state index is 12.6. The van der Waals surface area contributed by atoms with E-state index in [1.165, 1.54) is 16.7 Å². The molecule has 0 saturated carbocycles. The lowest BCUT2D eigenvalue weighted by molar-refractivity contribution is 0.305. The van der Waals surface area contributed by atoms with Gasteiger partial charge in [0.2, 0.25) is 10.0 Å². The van der Waals surface area contributed by atoms with Gasteiger partial charge in [-0.05, 0) is 18.4 Å². The maximum Gasteiger partial charge on any atom is 0.244 e. The maximum absolute atomic E-state index is 12.6. The summed E-state index contributed by atoms with van der Waals surface area (Å²) >= 11 is 0. The van der Waals surface area contributed by atoms with E-state index in [0.29, 0.717) is 31.0 Å². The van der Waals surface area contributed by atoms with Gasteiger partial charge >= 0.3 is 0 Å². The fraction of sp³-hybridized carbons (Fsp3) is 0.533. The van der Waals surface area contributed by atoms with Crippen LogP contribution in [0.3, 0.4) is 0 Å². The molecule has 1 atom stereocenters. The number of hydrogen-bond donors (Lipinski definition) is 1. The predicted octanol–water partition coefficient (Wildman–Crippen LogP) is 1.24. The van der Waals surface area contributed by atoms with E-state index >= 15 is 0 Å². The molecule has 1 aliphatic heterocycles. The third-order valence-electron chi connectivity index (χ3n) is 3.65. The molecule has 0 amide bonds. The Hall–Kier alpha value is -1.42. The predicted molar refractivity (Wildman–Crippen MR) is 80.0 cm³/mol. The van der Waals surface area contributed by atoms with Crippen LogP contribution in [0.15, 0.2) is 23.4 Å². The van der Waals surface area contributed by atoms with E-state index in [0.717, 1.165) is 12.8 Å². The van der Waals surface area contributed by atoms with Crippen LogP contribution in [0.5, 0.6) is 0 Å². The quantitative estimate of drug-likeness (QED) is 0.850. The van der Waals surface area contributed by atoms with Crippen molar-refractivity contribution in [2.24, 2.45) is 5.92 Å². The van der Waals surface area contributed by atoms with E-state index < -0.39 is 10.0 Å². The minimum Gasteiger partial charge on any atom is -0.395 e. The summed E-state index contributed by atoms with van der Waals surface area (Å²) in [5.74, 6) is 6.03. The third-order valence-corrected chi connectivity index (χ3v) is 5.48. The monoisotopic (exact) mass is 308 g/mol. The van der Waals surface area contributed by atoms with Crippen LogP contribution in [0.2, 0.25) is 0 Å². The minimum atomic E-state index is -3.48. The molecule has 2 heterocycles. The molecular formula is C15H20N2O3S. The average molecular weight is 308 g/mol. The Morgan fingerprint density at radius 1 is 1.48 bits per heavy atom. The van der Waals surface area contributed by atoms with Gasteiger partial charge in [-0.15, -0.1) is 0 Å². The third kappa shape index (κ3) is 3.82. The molecule has 2 rings (SSSR count). The highest BCUT2D eigenvalue weighted by Crippen LogP contribution is 2.25. The van der Waals surface area contributed by atoms with Gasteiger partial charge in [0.15, 0.2) is 0 Å². The highest BCUT2D eigenvalue weighted by molar-refractivity contribution is 7.89. The van der Waals surface area contributed by atoms with Gasteiger partial charge in [0, 0.05) is 37.5 Å². The number of sulfonamides is 1. The molecule has 114 valence electrons. The van der Waals surface area contributed by atoms with Crippen LogP contribution in [-0.4, -0.2) is 42.5 Å². The first-order chi connectivity index (χ1) is 10.1. The average Bonchev–Trinajstić information content (AvgIpc) is 2.97. The van der Waals surface area contributed by atoms with Crippen LogP contribution in [0.1, 0.15) is 31.7 Å². The summed E-state index contributed by atoms with van der Waals surface area (Å²) in [6, 6.07) is 1.55. The van der Waals surface area contributed by atoms with E-state index in [9.17, 15) is 8.42 Å². The zero-order valence-corrected chi connectivity index (χ0v) is 12.9. The van der Waals surface area contributed by atoms with Crippen molar-refractivity contribution >= 4 is 10.0 Å². The summed E-state index contributed by atoms with van der Waals surface area (Å²) in [7, 11) is -3.48. The summed E-state index contributed by atoms with van der Waals surface area (Å²) in [6.07, 6.45) is 5.17. The lowest BCUT2D eigenvalue weighted by Crippen LogP contribution is -2.29. The van der Waals surface area contributed by atoms with E-state index in [1.54, 1.807) is 6.07 Å². The molecule has 6 heteroatoms. The largest absolute Gasteiger partial charge is 0.395 e. The van der Waals surface area contributed by atoms with Crippen molar-refractivity contribution in [3.8, 4) is 11.8 Å². The number of rotatable bonds is 4. The van der Waals surface area contributed by atoms with Crippen molar-refractivity contribution in [2.75, 3.05) is 19.7 Å². The zero-order chi connectivity index (χ0) is 15.3. The molecule has 0 spiro atoms. The van der Waals surface area contributed by atoms with Gasteiger partial charge in [-0.25, -0.2) is 8.42 Å². The molecule has 1 aromatic heterocycles. The smallest absolute Gasteiger partial charge is 0.244 e. The topological polar surface area (TPSA) is 70.5 Å². The fourth-order valence-electron chi connectivity index (χ4n) is 2.35. The highest BCUT2D eigenvalue weighted by atomic mass is 32.2. The summed E-state index contributed by atoms with van der Waals surface area (Å²) < 4.78 is 26.7. The number of nitrogens with zero attached hydrogens (tertiary/aromatic N) is 2. The Labute approximate surface area is 126 Å². The van der Waals surface area contributed by atoms with Crippen molar-refractivity contribution in [1.82, 2.24) is 9.29 Å². The van der Waals surface area contributed by atoms with Crippen LogP contribution in [0.4, 0.5) is 0 Å². The van der Waals surface area contributed by atoms with Gasteiger partial charge in [-0.2, -0.15) is 4.31 Å². The number of hydrogen-bond acceptors (Lipinski definition) is 4. The molecule has 1 aromatic rings. The second kappa shape index (κ2) is 7.03. The normalized spacial score (nSPS) is 19.2. The van der Waals surface area contributed by atoms with Gasteiger partial charge < -0.3 is 5.11 Å². The highest BCUT2D eigenvalue weighted by Gasteiger charge is 2.31. The van der Waals surface area contributed by atoms with Gasteiger partial charge in [0.1, 0.15) is 4.90 Å². The Morgan fingerprint density at radius 2 is 2.29 bits per heavy atom. The SMILES string of the molecule is CCC1CCN(S(=O)(=O)c2cncc(C#CCCO)c2)C1. The molecule has 21 heavy (non-hydrogen) atoms. The summed E-state index contributed by atoms with van der Waals surface area (Å²) in [6.45, 7) is 3.23. The Balaban J connectivity index is 2.21. The molecule has 1 N–H and O–H groups in total. The van der Waals surface area contributed by atoms with Crippen LogP contribution in [0.25, 0.3) is 0 Å². The Morgan fingerprint density at radius 3 is 2.95 bits per heavy atom. The molecule has 5 nitrogen and oxygen atoms in total. The van der Waals surface area contributed by atoms with Crippen LogP contribution >= 0.6 is 0 Å². The van der Waals surface area contributed by atoms with Gasteiger partial charge in [-0.1, -0.05) is 25.2 Å². The van der Waals surface area contributed by atoms with E-state index in [1.807, 2.05) is 0 Å². The molecular weight excluding hydrogens is 288 g/mol. The first-order valence-corrected chi connectivity index (χ1v) is 8.57. The van der Waals surface area contributed by atoms with E-state index in [-0.39, 0.29) is 11.5 Å². The lowest BCUT2D eigenvalue weighted by atomic mass is 10.1. The number of aromatic nitrogens is 1. The van der Waals surface area contributed by atoms with Crippen molar-refractivity contribution in [3.63, 3.8) is 0 Å². The van der Waals surface area contributed by atoms with E-state index in [2.05, 4.69) is 23.7 Å². The molecule has 0 aromatic carbocycles.